The van der Waals surface area contributed by atoms with Gasteiger partial charge in [-0.1, -0.05) is 29.8 Å². The summed E-state index contributed by atoms with van der Waals surface area (Å²) in [6.45, 7) is 3.20. The van der Waals surface area contributed by atoms with E-state index in [0.717, 1.165) is 33.2 Å². The van der Waals surface area contributed by atoms with E-state index >= 15 is 0 Å². The number of ether oxygens (including phenoxy) is 2. The van der Waals surface area contributed by atoms with E-state index in [2.05, 4.69) is 6.07 Å². The van der Waals surface area contributed by atoms with Crippen molar-refractivity contribution in [1.82, 2.24) is 0 Å². The number of hydrogen-bond donors (Lipinski definition) is 1. The van der Waals surface area contributed by atoms with Gasteiger partial charge in [-0.2, -0.15) is 0 Å². The van der Waals surface area contributed by atoms with Gasteiger partial charge >= 0.3 is 0 Å². The fourth-order valence-corrected chi connectivity index (χ4v) is 2.78. The van der Waals surface area contributed by atoms with Gasteiger partial charge in [-0.15, -0.1) is 0 Å². The number of hydrogen-bond acceptors (Lipinski definition) is 3. The Kier molecular flexibility index (Phi) is 4.04. The van der Waals surface area contributed by atoms with Crippen molar-refractivity contribution >= 4 is 11.6 Å². The van der Waals surface area contributed by atoms with Gasteiger partial charge in [-0.3, -0.25) is 0 Å². The molecule has 0 amide bonds. The molecule has 0 saturated heterocycles. The van der Waals surface area contributed by atoms with Gasteiger partial charge in [0.15, 0.2) is 11.5 Å². The minimum Gasteiger partial charge on any atom is -0.486 e. The monoisotopic (exact) mass is 303 g/mol. The van der Waals surface area contributed by atoms with Crippen LogP contribution in [0.25, 0.3) is 0 Å². The largest absolute Gasteiger partial charge is 0.486 e. The molecule has 4 heteroatoms. The summed E-state index contributed by atoms with van der Waals surface area (Å²) in [5, 5.41) is 0.767. The highest BCUT2D eigenvalue weighted by molar-refractivity contribution is 6.31. The number of benzene rings is 2. The number of nitrogens with two attached hydrogens (primary N) is 1. The first-order chi connectivity index (χ1) is 10.1. The van der Waals surface area contributed by atoms with Crippen LogP contribution in [0, 0.1) is 6.92 Å². The summed E-state index contributed by atoms with van der Waals surface area (Å²) in [5.74, 6) is 1.55. The molecule has 1 heterocycles. The Morgan fingerprint density at radius 2 is 1.86 bits per heavy atom. The van der Waals surface area contributed by atoms with E-state index in [1.807, 2.05) is 37.3 Å². The van der Waals surface area contributed by atoms with Gasteiger partial charge in [-0.25, -0.2) is 0 Å². The fourth-order valence-electron chi connectivity index (χ4n) is 2.46. The average molecular weight is 304 g/mol. The summed E-state index contributed by atoms with van der Waals surface area (Å²) in [5.41, 5.74) is 9.55. The Bertz CT molecular complexity index is 657. The second-order valence-corrected chi connectivity index (χ2v) is 5.72. The maximum Gasteiger partial charge on any atom is 0.161 e. The molecule has 0 spiro atoms. The van der Waals surface area contributed by atoms with Crippen molar-refractivity contribution in [3.05, 3.63) is 58.1 Å². The lowest BCUT2D eigenvalue weighted by molar-refractivity contribution is 0.171. The first-order valence-electron chi connectivity index (χ1n) is 7.03. The van der Waals surface area contributed by atoms with Gasteiger partial charge in [0.1, 0.15) is 13.2 Å². The molecule has 0 saturated carbocycles. The van der Waals surface area contributed by atoms with Gasteiger partial charge in [0.25, 0.3) is 0 Å². The Morgan fingerprint density at radius 1 is 1.10 bits per heavy atom. The Morgan fingerprint density at radius 3 is 2.62 bits per heavy atom. The minimum absolute atomic E-state index is 0.124. The Balaban J connectivity index is 1.80. The highest BCUT2D eigenvalue weighted by Gasteiger charge is 2.15. The minimum atomic E-state index is -0.124. The average Bonchev–Trinajstić information content (AvgIpc) is 2.49. The van der Waals surface area contributed by atoms with E-state index in [9.17, 15) is 0 Å². The van der Waals surface area contributed by atoms with Gasteiger partial charge in [0, 0.05) is 11.1 Å². The summed E-state index contributed by atoms with van der Waals surface area (Å²) >= 11 is 6.28. The number of halogens is 1. The molecular formula is C17H18ClNO2. The summed E-state index contributed by atoms with van der Waals surface area (Å²) < 4.78 is 11.1. The molecule has 0 aliphatic carbocycles. The first kappa shape index (κ1) is 14.2. The van der Waals surface area contributed by atoms with Gasteiger partial charge < -0.3 is 15.2 Å². The lowest BCUT2D eigenvalue weighted by Crippen LogP contribution is -2.17. The highest BCUT2D eigenvalue weighted by Crippen LogP contribution is 2.33. The standard InChI is InChI=1S/C17H18ClNO2/c1-11-2-3-12(14(18)8-11)9-15(19)13-4-5-16-17(10-13)21-7-6-20-16/h2-5,8,10,15H,6-7,9,19H2,1H3. The van der Waals surface area contributed by atoms with Crippen LogP contribution in [-0.2, 0) is 6.42 Å². The lowest BCUT2D eigenvalue weighted by Gasteiger charge is -2.20. The molecule has 0 aromatic heterocycles. The van der Waals surface area contributed by atoms with E-state index < -0.39 is 0 Å². The molecule has 1 unspecified atom stereocenters. The normalized spacial score (nSPS) is 14.8. The van der Waals surface area contributed by atoms with Crippen molar-refractivity contribution < 1.29 is 9.47 Å². The van der Waals surface area contributed by atoms with E-state index in [1.165, 1.54) is 0 Å². The van der Waals surface area contributed by atoms with Gasteiger partial charge in [0.05, 0.1) is 0 Å². The van der Waals surface area contributed by atoms with Crippen LogP contribution in [0.3, 0.4) is 0 Å². The molecule has 110 valence electrons. The van der Waals surface area contributed by atoms with Crippen molar-refractivity contribution in [2.45, 2.75) is 19.4 Å². The van der Waals surface area contributed by atoms with Crippen LogP contribution in [0.1, 0.15) is 22.7 Å². The predicted octanol–water partition coefficient (Wildman–Crippen LogP) is 3.66. The van der Waals surface area contributed by atoms with Crippen LogP contribution in [0.15, 0.2) is 36.4 Å². The van der Waals surface area contributed by atoms with Crippen LogP contribution < -0.4 is 15.2 Å². The molecule has 1 aliphatic heterocycles. The molecule has 0 bridgehead atoms. The quantitative estimate of drug-likeness (QED) is 0.941. The van der Waals surface area contributed by atoms with Gasteiger partial charge in [0.2, 0.25) is 0 Å². The van der Waals surface area contributed by atoms with Crippen LogP contribution in [0.4, 0.5) is 0 Å². The van der Waals surface area contributed by atoms with Crippen LogP contribution >= 0.6 is 11.6 Å². The predicted molar refractivity (Wildman–Crippen MR) is 84.3 cm³/mol. The number of rotatable bonds is 3. The molecule has 3 rings (SSSR count). The van der Waals surface area contributed by atoms with Crippen molar-refractivity contribution in [1.29, 1.82) is 0 Å². The molecule has 0 fully saturated rings. The third kappa shape index (κ3) is 3.14. The van der Waals surface area contributed by atoms with Gasteiger partial charge in [-0.05, 0) is 48.2 Å². The molecular weight excluding hydrogens is 286 g/mol. The molecule has 1 aliphatic rings. The molecule has 2 aromatic carbocycles. The maximum absolute atomic E-state index is 6.31. The number of aryl methyl sites for hydroxylation is 1. The summed E-state index contributed by atoms with van der Waals surface area (Å²) in [4.78, 5) is 0. The molecule has 3 nitrogen and oxygen atoms in total. The van der Waals surface area contributed by atoms with Crippen molar-refractivity contribution in [3.63, 3.8) is 0 Å². The Hall–Kier alpha value is -1.71. The first-order valence-corrected chi connectivity index (χ1v) is 7.41. The molecule has 0 radical (unpaired) electrons. The van der Waals surface area contributed by atoms with Crippen LogP contribution in [0.5, 0.6) is 11.5 Å². The fraction of sp³-hybridized carbons (Fsp3) is 0.294. The van der Waals surface area contributed by atoms with Crippen molar-refractivity contribution in [2.24, 2.45) is 5.73 Å². The topological polar surface area (TPSA) is 44.5 Å². The summed E-state index contributed by atoms with van der Waals surface area (Å²) in [6, 6.07) is 11.8. The van der Waals surface area contributed by atoms with Crippen molar-refractivity contribution in [3.8, 4) is 11.5 Å². The number of fused-ring (bicyclic) bond motifs is 1. The van der Waals surface area contributed by atoms with Crippen LogP contribution in [0.2, 0.25) is 5.02 Å². The van der Waals surface area contributed by atoms with Crippen LogP contribution in [-0.4, -0.2) is 13.2 Å². The lowest BCUT2D eigenvalue weighted by atomic mass is 9.98. The molecule has 21 heavy (non-hydrogen) atoms. The second-order valence-electron chi connectivity index (χ2n) is 5.31. The molecule has 2 aromatic rings. The zero-order valence-electron chi connectivity index (χ0n) is 11.9. The zero-order chi connectivity index (χ0) is 14.8. The molecule has 2 N–H and O–H groups in total. The van der Waals surface area contributed by atoms with E-state index in [-0.39, 0.29) is 6.04 Å². The van der Waals surface area contributed by atoms with Crippen molar-refractivity contribution in [2.75, 3.05) is 13.2 Å². The summed E-state index contributed by atoms with van der Waals surface area (Å²) in [6.07, 6.45) is 0.693. The second kappa shape index (κ2) is 5.96. The van der Waals surface area contributed by atoms with E-state index in [0.29, 0.717) is 19.6 Å². The SMILES string of the molecule is Cc1ccc(CC(N)c2ccc3c(c2)OCCO3)c(Cl)c1. The Labute approximate surface area is 129 Å². The smallest absolute Gasteiger partial charge is 0.161 e. The summed E-state index contributed by atoms with van der Waals surface area (Å²) in [7, 11) is 0. The third-order valence-corrected chi connectivity index (χ3v) is 3.99. The third-order valence-electron chi connectivity index (χ3n) is 3.64. The molecule has 1 atom stereocenters. The highest BCUT2D eigenvalue weighted by atomic mass is 35.5. The van der Waals surface area contributed by atoms with E-state index in [1.54, 1.807) is 0 Å². The maximum atomic E-state index is 6.31. The van der Waals surface area contributed by atoms with E-state index in [4.69, 9.17) is 26.8 Å². The zero-order valence-corrected chi connectivity index (χ0v) is 12.7.